The number of nitrogens with one attached hydrogen (secondary N) is 1. The fraction of sp³-hybridized carbons (Fsp3) is 0.312. The molecule has 0 aliphatic rings. The summed E-state index contributed by atoms with van der Waals surface area (Å²) in [7, 11) is 0. The third-order valence-electron chi connectivity index (χ3n) is 3.75. The highest BCUT2D eigenvalue weighted by Gasteiger charge is 2.32. The Morgan fingerprint density at radius 1 is 1.38 bits per heavy atom. The number of hydrogen-bond acceptors (Lipinski definition) is 3. The Bertz CT molecular complexity index is 864. The number of alkyl halides is 3. The highest BCUT2D eigenvalue weighted by Crippen LogP contribution is 2.38. The molecule has 0 saturated heterocycles. The third-order valence-corrected chi connectivity index (χ3v) is 4.32. The van der Waals surface area contributed by atoms with Gasteiger partial charge >= 0.3 is 6.18 Å². The van der Waals surface area contributed by atoms with Gasteiger partial charge in [-0.3, -0.25) is 4.79 Å². The summed E-state index contributed by atoms with van der Waals surface area (Å²) in [5.74, 6) is -0.727. The SMILES string of the molecule is CCC(C)C(=O)Nc1c(C#N)cnn1-c1c(Cl)cc(C(F)(F)F)cc1Cl. The number of rotatable bonds is 4. The van der Waals surface area contributed by atoms with E-state index in [9.17, 15) is 23.2 Å². The first-order valence-corrected chi connectivity index (χ1v) is 8.21. The van der Waals surface area contributed by atoms with Crippen LogP contribution in [0.25, 0.3) is 5.69 Å². The van der Waals surface area contributed by atoms with Gasteiger partial charge in [0.1, 0.15) is 17.3 Å². The molecule has 0 spiro atoms. The first-order chi connectivity index (χ1) is 12.1. The van der Waals surface area contributed by atoms with E-state index >= 15 is 0 Å². The van der Waals surface area contributed by atoms with Gasteiger partial charge in [-0.2, -0.15) is 23.5 Å². The van der Waals surface area contributed by atoms with Gasteiger partial charge in [-0.25, -0.2) is 4.68 Å². The topological polar surface area (TPSA) is 70.7 Å². The van der Waals surface area contributed by atoms with Gasteiger partial charge in [0.15, 0.2) is 5.82 Å². The average molecular weight is 405 g/mol. The fourth-order valence-electron chi connectivity index (χ4n) is 2.08. The fourth-order valence-corrected chi connectivity index (χ4v) is 2.72. The molecule has 1 N–H and O–H groups in total. The Kier molecular flexibility index (Phi) is 5.84. The molecule has 1 amide bonds. The molecule has 1 heterocycles. The van der Waals surface area contributed by atoms with E-state index in [-0.39, 0.29) is 38.9 Å². The Balaban J connectivity index is 2.59. The standard InChI is InChI=1S/C16H13Cl2F3N4O/c1-3-8(2)15(26)24-14-9(6-22)7-23-25(14)13-11(17)4-10(5-12(13)18)16(19,20)21/h4-5,7-8H,3H2,1-2H3,(H,24,26). The van der Waals surface area contributed by atoms with E-state index < -0.39 is 11.7 Å². The summed E-state index contributed by atoms with van der Waals surface area (Å²) >= 11 is 12.0. The second-order valence-corrected chi connectivity index (χ2v) is 6.33. The van der Waals surface area contributed by atoms with Gasteiger partial charge in [-0.05, 0) is 18.6 Å². The van der Waals surface area contributed by atoms with Crippen molar-refractivity contribution in [2.45, 2.75) is 26.4 Å². The molecule has 1 unspecified atom stereocenters. The number of carbonyl (C=O) groups is 1. The summed E-state index contributed by atoms with van der Waals surface area (Å²) in [6, 6.07) is 3.27. The van der Waals surface area contributed by atoms with Crippen LogP contribution in [0.5, 0.6) is 0 Å². The van der Waals surface area contributed by atoms with E-state index in [1.807, 2.05) is 13.0 Å². The molecule has 10 heteroatoms. The lowest BCUT2D eigenvalue weighted by atomic mass is 10.1. The third kappa shape index (κ3) is 3.94. The molecule has 1 atom stereocenters. The van der Waals surface area contributed by atoms with Crippen molar-refractivity contribution >= 4 is 34.9 Å². The molecule has 0 fully saturated rings. The van der Waals surface area contributed by atoms with Crippen molar-refractivity contribution in [1.29, 1.82) is 5.26 Å². The second-order valence-electron chi connectivity index (χ2n) is 5.52. The van der Waals surface area contributed by atoms with Crippen molar-refractivity contribution in [1.82, 2.24) is 9.78 Å². The van der Waals surface area contributed by atoms with Crippen LogP contribution in [0.4, 0.5) is 19.0 Å². The normalized spacial score (nSPS) is 12.5. The van der Waals surface area contributed by atoms with Crippen molar-refractivity contribution in [3.8, 4) is 11.8 Å². The number of halogens is 5. The number of nitrogens with zero attached hydrogens (tertiary/aromatic N) is 3. The summed E-state index contributed by atoms with van der Waals surface area (Å²) in [5, 5.41) is 15.1. The van der Waals surface area contributed by atoms with Gasteiger partial charge < -0.3 is 5.32 Å². The molecule has 0 radical (unpaired) electrons. The van der Waals surface area contributed by atoms with Crippen LogP contribution in [0.2, 0.25) is 10.0 Å². The number of aromatic nitrogens is 2. The summed E-state index contributed by atoms with van der Waals surface area (Å²) < 4.78 is 39.7. The maximum absolute atomic E-state index is 12.9. The lowest BCUT2D eigenvalue weighted by molar-refractivity contribution is -0.137. The van der Waals surface area contributed by atoms with Crippen LogP contribution in [0.1, 0.15) is 31.4 Å². The Hall–Kier alpha value is -2.24. The minimum atomic E-state index is -4.62. The molecule has 0 aliphatic heterocycles. The number of nitriles is 1. The van der Waals surface area contributed by atoms with E-state index in [2.05, 4.69) is 10.4 Å². The molecule has 5 nitrogen and oxygen atoms in total. The quantitative estimate of drug-likeness (QED) is 0.774. The van der Waals surface area contributed by atoms with Gasteiger partial charge in [0, 0.05) is 5.92 Å². The van der Waals surface area contributed by atoms with Crippen molar-refractivity contribution < 1.29 is 18.0 Å². The van der Waals surface area contributed by atoms with Gasteiger partial charge in [-0.1, -0.05) is 37.0 Å². The zero-order chi connectivity index (χ0) is 19.6. The van der Waals surface area contributed by atoms with Gasteiger partial charge in [0.2, 0.25) is 5.91 Å². The van der Waals surface area contributed by atoms with E-state index in [0.29, 0.717) is 18.6 Å². The summed E-state index contributed by atoms with van der Waals surface area (Å²) in [5.41, 5.74) is -1.06. The summed E-state index contributed by atoms with van der Waals surface area (Å²) in [6.45, 7) is 3.51. The first-order valence-electron chi connectivity index (χ1n) is 7.45. The number of anilines is 1. The maximum Gasteiger partial charge on any atom is 0.416 e. The second kappa shape index (κ2) is 7.56. The van der Waals surface area contributed by atoms with Crippen LogP contribution >= 0.6 is 23.2 Å². The molecule has 138 valence electrons. The Morgan fingerprint density at radius 3 is 2.42 bits per heavy atom. The van der Waals surface area contributed by atoms with Crippen LogP contribution in [-0.4, -0.2) is 15.7 Å². The van der Waals surface area contributed by atoms with Crippen LogP contribution in [0, 0.1) is 17.2 Å². The van der Waals surface area contributed by atoms with E-state index in [4.69, 9.17) is 23.2 Å². The monoisotopic (exact) mass is 404 g/mol. The molecular formula is C16H13Cl2F3N4O. The molecule has 1 aromatic carbocycles. The average Bonchev–Trinajstić information content (AvgIpc) is 2.95. The predicted molar refractivity (Wildman–Crippen MR) is 91.4 cm³/mol. The van der Waals surface area contributed by atoms with Gasteiger partial charge in [-0.15, -0.1) is 0 Å². The molecule has 1 aromatic heterocycles. The lowest BCUT2D eigenvalue weighted by Gasteiger charge is -2.16. The smallest absolute Gasteiger partial charge is 0.309 e. The maximum atomic E-state index is 12.9. The van der Waals surface area contributed by atoms with Crippen LogP contribution in [-0.2, 0) is 11.0 Å². The summed E-state index contributed by atoms with van der Waals surface area (Å²) in [6.07, 6.45) is -2.90. The van der Waals surface area contributed by atoms with Crippen molar-refractivity contribution in [2.75, 3.05) is 5.32 Å². The molecule has 2 aromatic rings. The highest BCUT2D eigenvalue weighted by atomic mass is 35.5. The number of benzene rings is 1. The molecular weight excluding hydrogens is 392 g/mol. The van der Waals surface area contributed by atoms with E-state index in [0.717, 1.165) is 10.9 Å². The predicted octanol–water partition coefficient (Wildman–Crippen LogP) is 5.05. The van der Waals surface area contributed by atoms with E-state index in [1.165, 1.54) is 0 Å². The lowest BCUT2D eigenvalue weighted by Crippen LogP contribution is -2.22. The molecule has 0 bridgehead atoms. The minimum absolute atomic E-state index is 0.0126. The van der Waals surface area contributed by atoms with Crippen molar-refractivity contribution in [3.05, 3.63) is 39.5 Å². The number of carbonyl (C=O) groups excluding carboxylic acids is 1. The van der Waals surface area contributed by atoms with Crippen LogP contribution < -0.4 is 5.32 Å². The molecule has 26 heavy (non-hydrogen) atoms. The highest BCUT2D eigenvalue weighted by molar-refractivity contribution is 6.38. The molecule has 0 saturated carbocycles. The minimum Gasteiger partial charge on any atom is -0.309 e. The van der Waals surface area contributed by atoms with Gasteiger partial charge in [0.05, 0.1) is 21.8 Å². The Labute approximate surface area is 157 Å². The van der Waals surface area contributed by atoms with Crippen molar-refractivity contribution in [2.24, 2.45) is 5.92 Å². The van der Waals surface area contributed by atoms with Crippen molar-refractivity contribution in [3.63, 3.8) is 0 Å². The molecule has 2 rings (SSSR count). The van der Waals surface area contributed by atoms with Crippen LogP contribution in [0.15, 0.2) is 18.3 Å². The van der Waals surface area contributed by atoms with Gasteiger partial charge in [0.25, 0.3) is 0 Å². The molecule has 0 aliphatic carbocycles. The first kappa shape index (κ1) is 20.1. The number of hydrogen-bond donors (Lipinski definition) is 1. The summed E-state index contributed by atoms with van der Waals surface area (Å²) in [4.78, 5) is 12.2. The number of amides is 1. The zero-order valence-electron chi connectivity index (χ0n) is 13.7. The zero-order valence-corrected chi connectivity index (χ0v) is 15.2. The largest absolute Gasteiger partial charge is 0.416 e. The Morgan fingerprint density at radius 2 is 1.96 bits per heavy atom. The van der Waals surface area contributed by atoms with E-state index in [1.54, 1.807) is 6.92 Å². The van der Waals surface area contributed by atoms with Crippen LogP contribution in [0.3, 0.4) is 0 Å².